The maximum absolute atomic E-state index is 13.5. The van der Waals surface area contributed by atoms with E-state index in [9.17, 15) is 14.4 Å². The molecule has 156 valence electrons. The summed E-state index contributed by atoms with van der Waals surface area (Å²) in [6.07, 6.45) is 1.29. The zero-order valence-corrected chi connectivity index (χ0v) is 18.4. The highest BCUT2D eigenvalue weighted by atomic mass is 79.9. The molecule has 0 unspecified atom stereocenters. The lowest BCUT2D eigenvalue weighted by atomic mass is 9.76. The SMILES string of the molecule is COCCCN1C(=O)[C@H]2[C@@H](C1=O)[C@@]1(N[C@@H]2CC(C)C)C(=O)Nc2ccc(Br)cc21. The van der Waals surface area contributed by atoms with Crippen LogP contribution in [0.2, 0.25) is 0 Å². The summed E-state index contributed by atoms with van der Waals surface area (Å²) in [5.74, 6) is -1.66. The second-order valence-corrected chi connectivity index (χ2v) is 9.43. The molecule has 2 N–H and O–H groups in total. The summed E-state index contributed by atoms with van der Waals surface area (Å²) in [6, 6.07) is 5.32. The summed E-state index contributed by atoms with van der Waals surface area (Å²) in [6.45, 7) is 4.95. The number of fused-ring (bicyclic) bond motifs is 4. The molecule has 0 bridgehead atoms. The number of anilines is 1. The van der Waals surface area contributed by atoms with Gasteiger partial charge in [0.05, 0.1) is 11.8 Å². The average molecular weight is 464 g/mol. The van der Waals surface area contributed by atoms with Crippen molar-refractivity contribution in [3.63, 3.8) is 0 Å². The van der Waals surface area contributed by atoms with Crippen LogP contribution in [0.5, 0.6) is 0 Å². The van der Waals surface area contributed by atoms with Gasteiger partial charge < -0.3 is 10.1 Å². The van der Waals surface area contributed by atoms with Gasteiger partial charge in [-0.3, -0.25) is 24.6 Å². The van der Waals surface area contributed by atoms with E-state index in [1.165, 1.54) is 4.90 Å². The van der Waals surface area contributed by atoms with Gasteiger partial charge in [0.25, 0.3) is 0 Å². The lowest BCUT2D eigenvalue weighted by Gasteiger charge is -2.30. The minimum atomic E-state index is -1.22. The Labute approximate surface area is 178 Å². The van der Waals surface area contributed by atoms with Crippen LogP contribution >= 0.6 is 15.9 Å². The zero-order chi connectivity index (χ0) is 20.9. The topological polar surface area (TPSA) is 87.7 Å². The van der Waals surface area contributed by atoms with Gasteiger partial charge in [-0.05, 0) is 37.0 Å². The number of imide groups is 1. The van der Waals surface area contributed by atoms with Gasteiger partial charge in [0.15, 0.2) is 0 Å². The number of carbonyl (C=O) groups excluding carboxylic acids is 3. The highest BCUT2D eigenvalue weighted by molar-refractivity contribution is 9.10. The predicted molar refractivity (Wildman–Crippen MR) is 111 cm³/mol. The van der Waals surface area contributed by atoms with Crippen molar-refractivity contribution < 1.29 is 19.1 Å². The summed E-state index contributed by atoms with van der Waals surface area (Å²) >= 11 is 3.48. The van der Waals surface area contributed by atoms with Gasteiger partial charge in [0.2, 0.25) is 17.7 Å². The molecule has 1 aromatic rings. The highest BCUT2D eigenvalue weighted by Crippen LogP contribution is 2.54. The van der Waals surface area contributed by atoms with Gasteiger partial charge in [0.1, 0.15) is 5.54 Å². The van der Waals surface area contributed by atoms with Crippen LogP contribution < -0.4 is 10.6 Å². The molecule has 7 nitrogen and oxygen atoms in total. The Kier molecular flexibility index (Phi) is 5.29. The largest absolute Gasteiger partial charge is 0.385 e. The maximum atomic E-state index is 13.5. The molecule has 8 heteroatoms. The molecule has 3 amide bonds. The van der Waals surface area contributed by atoms with E-state index in [1.54, 1.807) is 7.11 Å². The standard InChI is InChI=1S/C21H26BrN3O4/c1-11(2)9-15-16-17(19(27)25(18(16)26)7-4-8-29-3)21(24-15)13-10-12(22)5-6-14(13)23-20(21)28/h5-6,10-11,15-17,24H,4,7-9H2,1-3H3,(H,23,28)/t15-,16-,17+,21-/m1/s1. The summed E-state index contributed by atoms with van der Waals surface area (Å²) in [4.78, 5) is 41.4. The molecule has 0 aliphatic carbocycles. The second kappa shape index (κ2) is 7.49. The molecule has 3 heterocycles. The van der Waals surface area contributed by atoms with Crippen molar-refractivity contribution in [1.82, 2.24) is 10.2 Å². The Morgan fingerprint density at radius 2 is 2.00 bits per heavy atom. The zero-order valence-electron chi connectivity index (χ0n) is 16.8. The van der Waals surface area contributed by atoms with Crippen molar-refractivity contribution in [2.24, 2.45) is 17.8 Å². The van der Waals surface area contributed by atoms with Crippen LogP contribution in [0.3, 0.4) is 0 Å². The molecular formula is C21H26BrN3O4. The minimum absolute atomic E-state index is 0.178. The van der Waals surface area contributed by atoms with Gasteiger partial charge in [-0.25, -0.2) is 0 Å². The van der Waals surface area contributed by atoms with Crippen molar-refractivity contribution in [3.8, 4) is 0 Å². The number of nitrogens with one attached hydrogen (secondary N) is 2. The van der Waals surface area contributed by atoms with Crippen LogP contribution in [0.1, 0.15) is 32.3 Å². The second-order valence-electron chi connectivity index (χ2n) is 8.51. The first kappa shape index (κ1) is 20.5. The number of nitrogens with zero attached hydrogens (tertiary/aromatic N) is 1. The first-order chi connectivity index (χ1) is 13.8. The van der Waals surface area contributed by atoms with E-state index in [-0.39, 0.29) is 23.8 Å². The van der Waals surface area contributed by atoms with Crippen LogP contribution in [0.25, 0.3) is 0 Å². The number of carbonyl (C=O) groups is 3. The van der Waals surface area contributed by atoms with Crippen molar-refractivity contribution >= 4 is 39.3 Å². The molecule has 1 spiro atoms. The third kappa shape index (κ3) is 3.04. The van der Waals surface area contributed by atoms with Gasteiger partial charge >= 0.3 is 0 Å². The molecule has 4 rings (SSSR count). The predicted octanol–water partition coefficient (Wildman–Crippen LogP) is 2.25. The molecule has 2 saturated heterocycles. The Balaban J connectivity index is 1.79. The number of halogens is 1. The number of hydrogen-bond donors (Lipinski definition) is 2. The lowest BCUT2D eigenvalue weighted by molar-refractivity contribution is -0.143. The summed E-state index contributed by atoms with van der Waals surface area (Å²) in [5.41, 5.74) is 0.206. The fourth-order valence-electron chi connectivity index (χ4n) is 5.13. The van der Waals surface area contributed by atoms with Crippen LogP contribution in [0.15, 0.2) is 22.7 Å². The van der Waals surface area contributed by atoms with Gasteiger partial charge in [-0.1, -0.05) is 29.8 Å². The molecule has 0 saturated carbocycles. The average Bonchev–Trinajstić information content (AvgIpc) is 3.22. The molecule has 3 aliphatic rings. The van der Waals surface area contributed by atoms with Crippen LogP contribution in [-0.4, -0.2) is 48.9 Å². The number of amides is 3. The Hall–Kier alpha value is -1.77. The van der Waals surface area contributed by atoms with Crippen LogP contribution in [0.4, 0.5) is 5.69 Å². The van der Waals surface area contributed by atoms with E-state index in [4.69, 9.17) is 4.74 Å². The maximum Gasteiger partial charge on any atom is 0.250 e. The monoisotopic (exact) mass is 463 g/mol. The normalized spacial score (nSPS) is 30.4. The van der Waals surface area contributed by atoms with Crippen molar-refractivity contribution in [1.29, 1.82) is 0 Å². The Morgan fingerprint density at radius 1 is 1.24 bits per heavy atom. The fraction of sp³-hybridized carbons (Fsp3) is 0.571. The number of methoxy groups -OCH3 is 1. The number of benzene rings is 1. The van der Waals surface area contributed by atoms with Gasteiger partial charge in [-0.15, -0.1) is 0 Å². The quantitative estimate of drug-likeness (QED) is 0.498. The van der Waals surface area contributed by atoms with Crippen molar-refractivity contribution in [2.45, 2.75) is 38.3 Å². The summed E-state index contributed by atoms with van der Waals surface area (Å²) in [7, 11) is 1.59. The molecule has 2 fully saturated rings. The minimum Gasteiger partial charge on any atom is -0.385 e. The third-order valence-corrected chi connectivity index (χ3v) is 6.72. The molecule has 29 heavy (non-hydrogen) atoms. The Morgan fingerprint density at radius 3 is 2.69 bits per heavy atom. The molecule has 1 aromatic carbocycles. The fourth-order valence-corrected chi connectivity index (χ4v) is 5.49. The van der Waals surface area contributed by atoms with E-state index in [0.29, 0.717) is 37.6 Å². The lowest BCUT2D eigenvalue weighted by Crippen LogP contribution is -2.53. The van der Waals surface area contributed by atoms with Crippen molar-refractivity contribution in [3.05, 3.63) is 28.2 Å². The first-order valence-corrected chi connectivity index (χ1v) is 10.8. The number of likely N-dealkylation sites (tertiary alicyclic amines) is 1. The number of hydrogen-bond acceptors (Lipinski definition) is 5. The van der Waals surface area contributed by atoms with E-state index < -0.39 is 17.4 Å². The van der Waals surface area contributed by atoms with E-state index in [0.717, 1.165) is 10.0 Å². The van der Waals surface area contributed by atoms with E-state index in [2.05, 4.69) is 40.4 Å². The molecule has 0 radical (unpaired) electrons. The number of ether oxygens (including phenoxy) is 1. The van der Waals surface area contributed by atoms with Gasteiger partial charge in [0, 0.05) is 42.0 Å². The number of rotatable bonds is 6. The highest BCUT2D eigenvalue weighted by Gasteiger charge is 2.70. The molecule has 3 aliphatic heterocycles. The van der Waals surface area contributed by atoms with E-state index >= 15 is 0 Å². The third-order valence-electron chi connectivity index (χ3n) is 6.22. The van der Waals surface area contributed by atoms with Crippen LogP contribution in [-0.2, 0) is 24.7 Å². The molecular weight excluding hydrogens is 438 g/mol. The summed E-state index contributed by atoms with van der Waals surface area (Å²) < 4.78 is 5.90. The molecule has 0 aromatic heterocycles. The van der Waals surface area contributed by atoms with E-state index in [1.807, 2.05) is 18.2 Å². The van der Waals surface area contributed by atoms with Crippen molar-refractivity contribution in [2.75, 3.05) is 25.6 Å². The van der Waals surface area contributed by atoms with Gasteiger partial charge in [-0.2, -0.15) is 0 Å². The summed E-state index contributed by atoms with van der Waals surface area (Å²) in [5, 5.41) is 6.38. The Bertz CT molecular complexity index is 873. The first-order valence-electron chi connectivity index (χ1n) is 10.0. The van der Waals surface area contributed by atoms with Crippen LogP contribution in [0, 0.1) is 17.8 Å². The molecule has 4 atom stereocenters. The smallest absolute Gasteiger partial charge is 0.250 e.